The Morgan fingerprint density at radius 3 is 2.76 bits per heavy atom. The summed E-state index contributed by atoms with van der Waals surface area (Å²) in [7, 11) is 0. The molecule has 4 aromatic rings. The van der Waals surface area contributed by atoms with E-state index in [2.05, 4.69) is 32.7 Å². The number of imidazole rings is 1. The van der Waals surface area contributed by atoms with Gasteiger partial charge in [0.1, 0.15) is 0 Å². The molecule has 2 aromatic heterocycles. The quantitative estimate of drug-likeness (QED) is 0.474. The molecule has 7 nitrogen and oxygen atoms in total. The van der Waals surface area contributed by atoms with Crippen LogP contribution in [0.1, 0.15) is 46.6 Å². The molecule has 7 heteroatoms. The summed E-state index contributed by atoms with van der Waals surface area (Å²) in [5, 5.41) is 6.04. The van der Waals surface area contributed by atoms with Crippen molar-refractivity contribution in [2.75, 3.05) is 5.32 Å². The molecule has 2 aromatic carbocycles. The molecule has 166 valence electrons. The zero-order valence-corrected chi connectivity index (χ0v) is 18.4. The number of aromatic nitrogens is 3. The van der Waals surface area contributed by atoms with Gasteiger partial charge in [0.25, 0.3) is 5.91 Å². The van der Waals surface area contributed by atoms with Crippen LogP contribution in [-0.2, 0) is 24.2 Å². The van der Waals surface area contributed by atoms with Crippen molar-refractivity contribution in [2.45, 2.75) is 38.8 Å². The fraction of sp³-hybridized carbons (Fsp3) is 0.231. The Balaban J connectivity index is 1.43. The molecule has 2 N–H and O–H groups in total. The Kier molecular flexibility index (Phi) is 5.60. The number of nitrogens with zero attached hydrogens (tertiary/aromatic N) is 3. The average Bonchev–Trinajstić information content (AvgIpc) is 3.42. The molecule has 0 fully saturated rings. The van der Waals surface area contributed by atoms with E-state index in [4.69, 9.17) is 0 Å². The van der Waals surface area contributed by atoms with Crippen molar-refractivity contribution in [2.24, 2.45) is 0 Å². The van der Waals surface area contributed by atoms with Crippen LogP contribution in [0.3, 0.4) is 0 Å². The fourth-order valence-corrected chi connectivity index (χ4v) is 4.52. The van der Waals surface area contributed by atoms with E-state index in [0.717, 1.165) is 30.5 Å². The van der Waals surface area contributed by atoms with E-state index >= 15 is 0 Å². The van der Waals surface area contributed by atoms with Gasteiger partial charge in [-0.2, -0.15) is 0 Å². The van der Waals surface area contributed by atoms with Crippen molar-refractivity contribution in [3.05, 3.63) is 89.5 Å². The molecule has 0 bridgehead atoms. The summed E-state index contributed by atoms with van der Waals surface area (Å²) in [4.78, 5) is 34.0. The number of rotatable bonds is 6. The van der Waals surface area contributed by atoms with E-state index < -0.39 is 0 Å². The van der Waals surface area contributed by atoms with Gasteiger partial charge in [-0.3, -0.25) is 14.6 Å². The van der Waals surface area contributed by atoms with Crippen molar-refractivity contribution in [3.63, 3.8) is 0 Å². The van der Waals surface area contributed by atoms with Crippen LogP contribution in [0.25, 0.3) is 11.0 Å². The Morgan fingerprint density at radius 1 is 1.09 bits per heavy atom. The summed E-state index contributed by atoms with van der Waals surface area (Å²) >= 11 is 0. The van der Waals surface area contributed by atoms with Crippen molar-refractivity contribution in [1.82, 2.24) is 19.9 Å². The summed E-state index contributed by atoms with van der Waals surface area (Å²) in [6, 6.07) is 17.6. The largest absolute Gasteiger partial charge is 0.345 e. The number of pyridine rings is 1. The minimum atomic E-state index is -0.198. The van der Waals surface area contributed by atoms with Crippen LogP contribution in [0.2, 0.25) is 0 Å². The molecule has 0 spiro atoms. The lowest BCUT2D eigenvalue weighted by Gasteiger charge is -2.15. The monoisotopic (exact) mass is 439 g/mol. The van der Waals surface area contributed by atoms with Gasteiger partial charge < -0.3 is 15.2 Å². The second-order valence-corrected chi connectivity index (χ2v) is 8.35. The molecule has 1 atom stereocenters. The third-order valence-corrected chi connectivity index (χ3v) is 6.06. The molecule has 0 saturated carbocycles. The summed E-state index contributed by atoms with van der Waals surface area (Å²) < 4.78 is 1.99. The van der Waals surface area contributed by atoms with Crippen LogP contribution in [-0.4, -0.2) is 26.3 Å². The second kappa shape index (κ2) is 8.86. The molecule has 5 rings (SSSR count). The summed E-state index contributed by atoms with van der Waals surface area (Å²) in [6.45, 7) is 2.12. The van der Waals surface area contributed by atoms with E-state index in [1.165, 1.54) is 18.1 Å². The molecular weight excluding hydrogens is 414 g/mol. The molecule has 0 radical (unpaired) electrons. The van der Waals surface area contributed by atoms with Crippen molar-refractivity contribution in [3.8, 4) is 0 Å². The highest BCUT2D eigenvalue weighted by atomic mass is 16.2. The summed E-state index contributed by atoms with van der Waals surface area (Å²) in [5.41, 5.74) is 5.95. The van der Waals surface area contributed by atoms with Crippen LogP contribution in [0, 0.1) is 0 Å². The minimum Gasteiger partial charge on any atom is -0.345 e. The van der Waals surface area contributed by atoms with Gasteiger partial charge in [-0.25, -0.2) is 4.98 Å². The van der Waals surface area contributed by atoms with E-state index in [-0.39, 0.29) is 17.9 Å². The topological polar surface area (TPSA) is 88.9 Å². The van der Waals surface area contributed by atoms with Crippen LogP contribution in [0.4, 0.5) is 5.69 Å². The molecule has 0 aliphatic heterocycles. The van der Waals surface area contributed by atoms with Crippen LogP contribution in [0.5, 0.6) is 0 Å². The number of hydrogen-bond donors (Lipinski definition) is 2. The first-order valence-electron chi connectivity index (χ1n) is 11.1. The SMILES string of the molecule is CC(=O)Nc1cc(C(=O)N[C@H]2CCc3ccccc32)cc2ncn(CCc3ccccn3)c12. The fourth-order valence-electron chi connectivity index (χ4n) is 4.52. The van der Waals surface area contributed by atoms with Gasteiger partial charge in [0.15, 0.2) is 0 Å². The number of carbonyl (C=O) groups is 2. The lowest BCUT2D eigenvalue weighted by atomic mass is 10.1. The highest BCUT2D eigenvalue weighted by Crippen LogP contribution is 2.32. The van der Waals surface area contributed by atoms with Gasteiger partial charge in [-0.05, 0) is 48.2 Å². The molecular formula is C26H25N5O2. The number of carbonyl (C=O) groups excluding carboxylic acids is 2. The lowest BCUT2D eigenvalue weighted by Crippen LogP contribution is -2.27. The highest BCUT2D eigenvalue weighted by Gasteiger charge is 2.24. The zero-order chi connectivity index (χ0) is 22.8. The predicted octanol–water partition coefficient (Wildman–Crippen LogP) is 4.05. The summed E-state index contributed by atoms with van der Waals surface area (Å²) in [5.74, 6) is -0.371. The first-order chi connectivity index (χ1) is 16.1. The maximum absolute atomic E-state index is 13.1. The van der Waals surface area contributed by atoms with Crippen LogP contribution < -0.4 is 10.6 Å². The van der Waals surface area contributed by atoms with Crippen molar-refractivity contribution >= 4 is 28.5 Å². The highest BCUT2D eigenvalue weighted by molar-refractivity contribution is 6.05. The Morgan fingerprint density at radius 2 is 1.94 bits per heavy atom. The van der Waals surface area contributed by atoms with E-state index in [9.17, 15) is 9.59 Å². The molecule has 0 saturated heterocycles. The number of benzene rings is 2. The van der Waals surface area contributed by atoms with Crippen LogP contribution in [0.15, 0.2) is 67.1 Å². The summed E-state index contributed by atoms with van der Waals surface area (Å²) in [6.07, 6.45) is 6.09. The second-order valence-electron chi connectivity index (χ2n) is 8.35. The Bertz CT molecular complexity index is 1330. The maximum atomic E-state index is 13.1. The van der Waals surface area contributed by atoms with Crippen molar-refractivity contribution in [1.29, 1.82) is 0 Å². The van der Waals surface area contributed by atoms with Crippen LogP contribution >= 0.6 is 0 Å². The first kappa shape index (κ1) is 20.9. The number of nitrogens with one attached hydrogen (secondary N) is 2. The average molecular weight is 440 g/mol. The van der Waals surface area contributed by atoms with Gasteiger partial charge >= 0.3 is 0 Å². The standard InChI is InChI=1S/C26H25N5O2/c1-17(32)29-24-15-19(26(33)30-22-10-9-18-6-2-3-8-21(18)22)14-23-25(24)31(16-28-23)13-11-20-7-4-5-12-27-20/h2-8,12,14-16,22H,9-11,13H2,1H3,(H,29,32)(H,30,33)/t22-/m0/s1. The van der Waals surface area contributed by atoms with E-state index in [1.54, 1.807) is 24.7 Å². The zero-order valence-electron chi connectivity index (χ0n) is 18.4. The number of amides is 2. The smallest absolute Gasteiger partial charge is 0.251 e. The van der Waals surface area contributed by atoms with E-state index in [1.807, 2.05) is 34.9 Å². The number of hydrogen-bond acceptors (Lipinski definition) is 4. The predicted molar refractivity (Wildman–Crippen MR) is 127 cm³/mol. The first-order valence-corrected chi connectivity index (χ1v) is 11.1. The Hall–Kier alpha value is -4.00. The molecule has 33 heavy (non-hydrogen) atoms. The molecule has 2 amide bonds. The van der Waals surface area contributed by atoms with E-state index in [0.29, 0.717) is 23.3 Å². The lowest BCUT2D eigenvalue weighted by molar-refractivity contribution is -0.114. The third kappa shape index (κ3) is 4.35. The van der Waals surface area contributed by atoms with Crippen molar-refractivity contribution < 1.29 is 9.59 Å². The van der Waals surface area contributed by atoms with Gasteiger partial charge in [0.2, 0.25) is 5.91 Å². The van der Waals surface area contributed by atoms with Gasteiger partial charge in [0, 0.05) is 37.3 Å². The molecule has 1 aliphatic carbocycles. The molecule has 2 heterocycles. The van der Waals surface area contributed by atoms with Gasteiger partial charge in [-0.1, -0.05) is 30.3 Å². The molecule has 0 unspecified atom stereocenters. The minimum absolute atomic E-state index is 0.00968. The third-order valence-electron chi connectivity index (χ3n) is 6.06. The number of fused-ring (bicyclic) bond motifs is 2. The maximum Gasteiger partial charge on any atom is 0.251 e. The van der Waals surface area contributed by atoms with Gasteiger partial charge in [-0.15, -0.1) is 0 Å². The number of aryl methyl sites for hydroxylation is 3. The number of anilines is 1. The normalized spacial score (nSPS) is 14.8. The molecule has 1 aliphatic rings. The Labute approximate surface area is 191 Å². The van der Waals surface area contributed by atoms with Gasteiger partial charge in [0.05, 0.1) is 29.1 Å².